The van der Waals surface area contributed by atoms with Crippen LogP contribution in [0.1, 0.15) is 62.4 Å². The summed E-state index contributed by atoms with van der Waals surface area (Å²) in [4.78, 5) is 1.64. The molecule has 1 saturated carbocycles. The zero-order chi connectivity index (χ0) is 12.5. The van der Waals surface area contributed by atoms with Crippen LogP contribution in [0.15, 0.2) is 11.4 Å². The molecule has 0 radical (unpaired) electrons. The van der Waals surface area contributed by atoms with Crippen molar-refractivity contribution >= 4 is 11.3 Å². The van der Waals surface area contributed by atoms with Crippen molar-refractivity contribution in [3.8, 4) is 0 Å². The van der Waals surface area contributed by atoms with Crippen LogP contribution in [0.4, 0.5) is 0 Å². The van der Waals surface area contributed by atoms with Crippen LogP contribution < -0.4 is 5.32 Å². The summed E-state index contributed by atoms with van der Waals surface area (Å²) in [7, 11) is 0. The summed E-state index contributed by atoms with van der Waals surface area (Å²) >= 11 is 1.95. The largest absolute Gasteiger partial charge is 0.307 e. The molecular formula is C16H25NS. The Morgan fingerprint density at radius 3 is 2.89 bits per heavy atom. The van der Waals surface area contributed by atoms with Gasteiger partial charge in [-0.1, -0.05) is 13.8 Å². The van der Waals surface area contributed by atoms with E-state index in [-0.39, 0.29) is 0 Å². The van der Waals surface area contributed by atoms with E-state index in [1.165, 1.54) is 38.5 Å². The van der Waals surface area contributed by atoms with Crippen molar-refractivity contribution in [1.82, 2.24) is 5.32 Å². The van der Waals surface area contributed by atoms with Gasteiger partial charge in [-0.2, -0.15) is 0 Å². The molecule has 1 fully saturated rings. The Morgan fingerprint density at radius 2 is 2.06 bits per heavy atom. The van der Waals surface area contributed by atoms with E-state index in [1.54, 1.807) is 10.4 Å². The molecule has 1 nitrogen and oxygen atoms in total. The van der Waals surface area contributed by atoms with Gasteiger partial charge in [0.15, 0.2) is 0 Å². The molecule has 1 aromatic heterocycles. The second kappa shape index (κ2) is 5.34. The lowest BCUT2D eigenvalue weighted by molar-refractivity contribution is 0.211. The maximum Gasteiger partial charge on any atom is 0.0333 e. The fourth-order valence-corrected chi connectivity index (χ4v) is 4.63. The molecule has 2 aliphatic carbocycles. The molecule has 0 bridgehead atoms. The number of hydrogen-bond donors (Lipinski definition) is 1. The highest BCUT2D eigenvalue weighted by Crippen LogP contribution is 2.36. The van der Waals surface area contributed by atoms with E-state index >= 15 is 0 Å². The van der Waals surface area contributed by atoms with Gasteiger partial charge in [0, 0.05) is 17.0 Å². The predicted molar refractivity (Wildman–Crippen MR) is 79.1 cm³/mol. The van der Waals surface area contributed by atoms with E-state index < -0.39 is 0 Å². The minimum atomic E-state index is 0.644. The van der Waals surface area contributed by atoms with E-state index in [9.17, 15) is 0 Å². The summed E-state index contributed by atoms with van der Waals surface area (Å²) in [5.74, 6) is 1.81. The first-order chi connectivity index (χ1) is 8.74. The van der Waals surface area contributed by atoms with Crippen molar-refractivity contribution in [3.05, 3.63) is 21.9 Å². The smallest absolute Gasteiger partial charge is 0.0333 e. The summed E-state index contributed by atoms with van der Waals surface area (Å²) in [5.41, 5.74) is 1.61. The van der Waals surface area contributed by atoms with Gasteiger partial charge >= 0.3 is 0 Å². The number of rotatable bonds is 2. The fraction of sp³-hybridized carbons (Fsp3) is 0.750. The number of fused-ring (bicyclic) bond motifs is 1. The third-order valence-electron chi connectivity index (χ3n) is 5.09. The third-order valence-corrected chi connectivity index (χ3v) is 6.08. The standard InChI is InChI=1S/C16H25NS/c1-11-6-7-13(10-12(11)2)17-15-4-3-5-16-14(15)8-9-18-16/h8-9,11-13,15,17H,3-7,10H2,1-2H3. The molecule has 0 amide bonds. The van der Waals surface area contributed by atoms with Gasteiger partial charge in [0.2, 0.25) is 0 Å². The molecule has 3 rings (SSSR count). The van der Waals surface area contributed by atoms with E-state index in [4.69, 9.17) is 0 Å². The van der Waals surface area contributed by atoms with Gasteiger partial charge in [-0.05, 0) is 67.4 Å². The number of hydrogen-bond acceptors (Lipinski definition) is 2. The van der Waals surface area contributed by atoms with Crippen LogP contribution in [0.5, 0.6) is 0 Å². The normalized spacial score (nSPS) is 36.3. The lowest BCUT2D eigenvalue weighted by Crippen LogP contribution is -2.39. The Labute approximate surface area is 115 Å². The topological polar surface area (TPSA) is 12.0 Å². The van der Waals surface area contributed by atoms with Crippen LogP contribution in [0.2, 0.25) is 0 Å². The van der Waals surface area contributed by atoms with Crippen LogP contribution in [0, 0.1) is 11.8 Å². The van der Waals surface area contributed by atoms with Crippen molar-refractivity contribution < 1.29 is 0 Å². The quantitative estimate of drug-likeness (QED) is 0.826. The molecule has 4 unspecified atom stereocenters. The Hall–Kier alpha value is -0.340. The van der Waals surface area contributed by atoms with Crippen molar-refractivity contribution in [2.75, 3.05) is 0 Å². The van der Waals surface area contributed by atoms with Crippen LogP contribution in [-0.2, 0) is 6.42 Å². The second-order valence-electron chi connectivity index (χ2n) is 6.38. The van der Waals surface area contributed by atoms with Crippen LogP contribution in [-0.4, -0.2) is 6.04 Å². The summed E-state index contributed by atoms with van der Waals surface area (Å²) in [6.07, 6.45) is 8.16. The summed E-state index contributed by atoms with van der Waals surface area (Å²) in [6, 6.07) is 3.75. The van der Waals surface area contributed by atoms with E-state index in [0.717, 1.165) is 17.9 Å². The first-order valence-electron chi connectivity index (χ1n) is 7.56. The van der Waals surface area contributed by atoms with E-state index in [2.05, 4.69) is 30.6 Å². The second-order valence-corrected chi connectivity index (χ2v) is 7.38. The molecule has 1 N–H and O–H groups in total. The average Bonchev–Trinajstić information content (AvgIpc) is 2.83. The van der Waals surface area contributed by atoms with E-state index in [0.29, 0.717) is 6.04 Å². The van der Waals surface area contributed by atoms with Crippen molar-refractivity contribution in [3.63, 3.8) is 0 Å². The summed E-state index contributed by atoms with van der Waals surface area (Å²) < 4.78 is 0. The van der Waals surface area contributed by atoms with Gasteiger partial charge < -0.3 is 5.32 Å². The SMILES string of the molecule is CC1CCC(NC2CCCc3sccc32)CC1C. The molecule has 0 saturated heterocycles. The fourth-order valence-electron chi connectivity index (χ4n) is 3.64. The molecule has 4 atom stereocenters. The Balaban J connectivity index is 1.64. The monoisotopic (exact) mass is 263 g/mol. The Morgan fingerprint density at radius 1 is 1.17 bits per heavy atom. The zero-order valence-electron chi connectivity index (χ0n) is 11.6. The molecule has 0 aliphatic heterocycles. The first kappa shape index (κ1) is 12.7. The number of nitrogens with one attached hydrogen (secondary N) is 1. The summed E-state index contributed by atoms with van der Waals surface area (Å²) in [6.45, 7) is 4.84. The van der Waals surface area contributed by atoms with Gasteiger partial charge in [-0.15, -0.1) is 11.3 Å². The maximum absolute atomic E-state index is 3.96. The molecule has 2 aliphatic rings. The third kappa shape index (κ3) is 2.50. The van der Waals surface area contributed by atoms with Crippen molar-refractivity contribution in [1.29, 1.82) is 0 Å². The number of thiophene rings is 1. The summed E-state index contributed by atoms with van der Waals surface area (Å²) in [5, 5.41) is 6.23. The Kier molecular flexibility index (Phi) is 3.76. The maximum atomic E-state index is 3.96. The van der Waals surface area contributed by atoms with E-state index in [1.807, 2.05) is 11.3 Å². The minimum absolute atomic E-state index is 0.644. The zero-order valence-corrected chi connectivity index (χ0v) is 12.4. The average molecular weight is 263 g/mol. The molecular weight excluding hydrogens is 238 g/mol. The van der Waals surface area contributed by atoms with Crippen molar-refractivity contribution in [2.45, 2.75) is 64.5 Å². The van der Waals surface area contributed by atoms with Gasteiger partial charge in [-0.25, -0.2) is 0 Å². The molecule has 0 aromatic carbocycles. The lowest BCUT2D eigenvalue weighted by Gasteiger charge is -2.36. The van der Waals surface area contributed by atoms with Crippen molar-refractivity contribution in [2.24, 2.45) is 11.8 Å². The predicted octanol–water partition coefficient (Wildman–Crippen LogP) is 4.54. The Bertz CT molecular complexity index is 398. The van der Waals surface area contributed by atoms with Gasteiger partial charge in [0.1, 0.15) is 0 Å². The minimum Gasteiger partial charge on any atom is -0.307 e. The highest BCUT2D eigenvalue weighted by Gasteiger charge is 2.28. The first-order valence-corrected chi connectivity index (χ1v) is 8.44. The van der Waals surface area contributed by atoms with Crippen LogP contribution >= 0.6 is 11.3 Å². The molecule has 18 heavy (non-hydrogen) atoms. The van der Waals surface area contributed by atoms with Crippen LogP contribution in [0.25, 0.3) is 0 Å². The molecule has 100 valence electrons. The molecule has 1 aromatic rings. The van der Waals surface area contributed by atoms with Gasteiger partial charge in [0.05, 0.1) is 0 Å². The number of aryl methyl sites for hydroxylation is 1. The molecule has 2 heteroatoms. The van der Waals surface area contributed by atoms with Gasteiger partial charge in [-0.3, -0.25) is 0 Å². The lowest BCUT2D eigenvalue weighted by atomic mass is 9.78. The van der Waals surface area contributed by atoms with Gasteiger partial charge in [0.25, 0.3) is 0 Å². The molecule has 1 heterocycles. The highest BCUT2D eigenvalue weighted by atomic mass is 32.1. The van der Waals surface area contributed by atoms with Crippen LogP contribution in [0.3, 0.4) is 0 Å². The molecule has 0 spiro atoms. The highest BCUT2D eigenvalue weighted by molar-refractivity contribution is 7.10.